The predicted octanol–water partition coefficient (Wildman–Crippen LogP) is 5.55. The second-order valence-electron chi connectivity index (χ2n) is 5.59. The van der Waals surface area contributed by atoms with E-state index in [1.54, 1.807) is 6.20 Å². The monoisotopic (exact) mass is 364 g/mol. The van der Waals surface area contributed by atoms with Crippen LogP contribution in [0.2, 0.25) is 5.15 Å². The third kappa shape index (κ3) is 3.41. The Morgan fingerprint density at radius 2 is 1.95 bits per heavy atom. The van der Waals surface area contributed by atoms with Gasteiger partial charge in [0, 0.05) is 16.7 Å². The van der Waals surface area contributed by atoms with Crippen LogP contribution in [0.3, 0.4) is 0 Å². The first kappa shape index (κ1) is 14.9. The molecule has 21 heavy (non-hydrogen) atoms. The largest absolute Gasteiger partial charge is 0.376 e. The van der Waals surface area contributed by atoms with Gasteiger partial charge < -0.3 is 5.32 Å². The van der Waals surface area contributed by atoms with Gasteiger partial charge in [-0.1, -0.05) is 29.8 Å². The lowest BCUT2D eigenvalue weighted by Gasteiger charge is -2.21. The van der Waals surface area contributed by atoms with Crippen LogP contribution in [0.1, 0.15) is 42.5 Å². The van der Waals surface area contributed by atoms with E-state index in [1.807, 2.05) is 6.07 Å². The second kappa shape index (κ2) is 6.37. The maximum Gasteiger partial charge on any atom is 0.152 e. The summed E-state index contributed by atoms with van der Waals surface area (Å²) in [5.41, 5.74) is 5.17. The van der Waals surface area contributed by atoms with Crippen LogP contribution in [-0.2, 0) is 12.8 Å². The fraction of sp³-hybridized carbons (Fsp3) is 0.353. The number of benzene rings is 1. The zero-order valence-electron chi connectivity index (χ0n) is 12.0. The number of fused-ring (bicyclic) bond motifs is 1. The summed E-state index contributed by atoms with van der Waals surface area (Å²) in [6, 6.07) is 9.01. The van der Waals surface area contributed by atoms with E-state index < -0.39 is 0 Å². The molecule has 1 atom stereocenters. The van der Waals surface area contributed by atoms with Crippen LogP contribution in [0, 0.1) is 0 Å². The Labute approximate surface area is 139 Å². The zero-order chi connectivity index (χ0) is 14.8. The minimum Gasteiger partial charge on any atom is -0.376 e. The molecule has 1 heterocycles. The Hall–Kier alpha value is -1.06. The van der Waals surface area contributed by atoms with Gasteiger partial charge in [-0.15, -0.1) is 0 Å². The number of pyridine rings is 1. The van der Waals surface area contributed by atoms with Crippen LogP contribution in [-0.4, -0.2) is 4.98 Å². The van der Waals surface area contributed by atoms with Crippen molar-refractivity contribution < 1.29 is 0 Å². The molecule has 1 unspecified atom stereocenters. The normalized spacial score (nSPS) is 15.4. The molecule has 1 aliphatic carbocycles. The van der Waals surface area contributed by atoms with Crippen molar-refractivity contribution in [2.24, 2.45) is 0 Å². The maximum absolute atomic E-state index is 6.15. The number of rotatable bonds is 3. The van der Waals surface area contributed by atoms with Crippen molar-refractivity contribution in [3.63, 3.8) is 0 Å². The van der Waals surface area contributed by atoms with E-state index in [2.05, 4.69) is 51.4 Å². The molecule has 2 aromatic rings. The van der Waals surface area contributed by atoms with E-state index >= 15 is 0 Å². The number of aryl methyl sites for hydroxylation is 2. The highest BCUT2D eigenvalue weighted by Crippen LogP contribution is 2.29. The molecule has 1 aromatic heterocycles. The quantitative estimate of drug-likeness (QED) is 0.721. The number of anilines is 1. The summed E-state index contributed by atoms with van der Waals surface area (Å²) in [6.45, 7) is 2.15. The summed E-state index contributed by atoms with van der Waals surface area (Å²) in [6.07, 6.45) is 6.75. The van der Waals surface area contributed by atoms with Crippen molar-refractivity contribution in [1.82, 2.24) is 4.98 Å². The predicted molar refractivity (Wildman–Crippen MR) is 92.1 cm³/mol. The first-order valence-electron chi connectivity index (χ1n) is 7.33. The molecule has 2 nitrogen and oxygen atoms in total. The van der Waals surface area contributed by atoms with Crippen molar-refractivity contribution in [2.75, 3.05) is 5.32 Å². The van der Waals surface area contributed by atoms with Gasteiger partial charge in [0.2, 0.25) is 0 Å². The SMILES string of the molecule is CC(Nc1cc(Br)cnc1Cl)c1ccc2c(c1)CCCC2. The first-order chi connectivity index (χ1) is 10.1. The Balaban J connectivity index is 1.82. The first-order valence-corrected chi connectivity index (χ1v) is 8.50. The van der Waals surface area contributed by atoms with Crippen molar-refractivity contribution >= 4 is 33.2 Å². The molecular weight excluding hydrogens is 348 g/mol. The van der Waals surface area contributed by atoms with Gasteiger partial charge in [-0.2, -0.15) is 0 Å². The molecule has 0 radical (unpaired) electrons. The van der Waals surface area contributed by atoms with Gasteiger partial charge in [0.15, 0.2) is 5.15 Å². The average molecular weight is 366 g/mol. The lowest BCUT2D eigenvalue weighted by Crippen LogP contribution is -2.10. The van der Waals surface area contributed by atoms with E-state index in [4.69, 9.17) is 11.6 Å². The number of nitrogens with one attached hydrogen (secondary N) is 1. The van der Waals surface area contributed by atoms with E-state index in [0.29, 0.717) is 5.15 Å². The summed E-state index contributed by atoms with van der Waals surface area (Å²) in [5.74, 6) is 0. The molecule has 0 aliphatic heterocycles. The molecule has 0 saturated heterocycles. The lowest BCUT2D eigenvalue weighted by molar-refractivity contribution is 0.683. The van der Waals surface area contributed by atoms with E-state index in [-0.39, 0.29) is 6.04 Å². The topological polar surface area (TPSA) is 24.9 Å². The number of aromatic nitrogens is 1. The van der Waals surface area contributed by atoms with E-state index in [0.717, 1.165) is 10.2 Å². The minimum absolute atomic E-state index is 0.200. The van der Waals surface area contributed by atoms with Crippen LogP contribution in [0.25, 0.3) is 0 Å². The molecule has 110 valence electrons. The summed E-state index contributed by atoms with van der Waals surface area (Å²) in [5, 5.41) is 3.95. The van der Waals surface area contributed by atoms with Gasteiger partial charge in [-0.25, -0.2) is 4.98 Å². The van der Waals surface area contributed by atoms with Crippen molar-refractivity contribution in [3.05, 3.63) is 56.8 Å². The zero-order valence-corrected chi connectivity index (χ0v) is 14.3. The molecule has 1 N–H and O–H groups in total. The molecule has 4 heteroatoms. The summed E-state index contributed by atoms with van der Waals surface area (Å²) in [4.78, 5) is 4.15. The summed E-state index contributed by atoms with van der Waals surface area (Å²) in [7, 11) is 0. The van der Waals surface area contributed by atoms with Crippen molar-refractivity contribution in [3.8, 4) is 0 Å². The highest BCUT2D eigenvalue weighted by atomic mass is 79.9. The average Bonchev–Trinajstić information content (AvgIpc) is 2.50. The lowest BCUT2D eigenvalue weighted by atomic mass is 9.89. The van der Waals surface area contributed by atoms with Gasteiger partial charge in [-0.3, -0.25) is 0 Å². The number of halogens is 2. The van der Waals surface area contributed by atoms with Crippen LogP contribution in [0.15, 0.2) is 34.9 Å². The molecule has 1 aromatic carbocycles. The Morgan fingerprint density at radius 1 is 1.19 bits per heavy atom. The van der Waals surface area contributed by atoms with Crippen LogP contribution >= 0.6 is 27.5 Å². The molecule has 0 fully saturated rings. The fourth-order valence-electron chi connectivity index (χ4n) is 2.86. The number of hydrogen-bond acceptors (Lipinski definition) is 2. The molecule has 0 amide bonds. The molecule has 0 saturated carbocycles. The van der Waals surface area contributed by atoms with Gasteiger partial charge in [0.25, 0.3) is 0 Å². The second-order valence-corrected chi connectivity index (χ2v) is 6.87. The van der Waals surface area contributed by atoms with Crippen LogP contribution in [0.4, 0.5) is 5.69 Å². The summed E-state index contributed by atoms with van der Waals surface area (Å²) >= 11 is 9.58. The fourth-order valence-corrected chi connectivity index (χ4v) is 3.35. The Bertz CT molecular complexity index is 657. The standard InChI is InChI=1S/C17H18BrClN2/c1-11(21-16-9-15(18)10-20-17(16)19)13-7-6-12-4-2-3-5-14(12)8-13/h6-11,21H,2-5H2,1H3. The van der Waals surface area contributed by atoms with Crippen LogP contribution < -0.4 is 5.32 Å². The van der Waals surface area contributed by atoms with E-state index in [1.165, 1.54) is 42.4 Å². The molecular formula is C17H18BrClN2. The van der Waals surface area contributed by atoms with Crippen LogP contribution in [0.5, 0.6) is 0 Å². The van der Waals surface area contributed by atoms with Gasteiger partial charge in [0.1, 0.15) is 0 Å². The Morgan fingerprint density at radius 3 is 2.76 bits per heavy atom. The molecule has 3 rings (SSSR count). The van der Waals surface area contributed by atoms with Gasteiger partial charge in [0.05, 0.1) is 5.69 Å². The minimum atomic E-state index is 0.200. The van der Waals surface area contributed by atoms with Gasteiger partial charge in [-0.05, 0) is 71.3 Å². The molecule has 1 aliphatic rings. The van der Waals surface area contributed by atoms with E-state index in [9.17, 15) is 0 Å². The Kier molecular flexibility index (Phi) is 4.51. The highest BCUT2D eigenvalue weighted by Gasteiger charge is 2.13. The number of hydrogen-bond donors (Lipinski definition) is 1. The maximum atomic E-state index is 6.15. The summed E-state index contributed by atoms with van der Waals surface area (Å²) < 4.78 is 0.923. The molecule has 0 bridgehead atoms. The van der Waals surface area contributed by atoms with Crippen molar-refractivity contribution in [2.45, 2.75) is 38.6 Å². The smallest absolute Gasteiger partial charge is 0.152 e. The van der Waals surface area contributed by atoms with Gasteiger partial charge >= 0.3 is 0 Å². The van der Waals surface area contributed by atoms with Crippen molar-refractivity contribution in [1.29, 1.82) is 0 Å². The number of nitrogens with zero attached hydrogens (tertiary/aromatic N) is 1. The third-order valence-corrected chi connectivity index (χ3v) is 4.79. The third-order valence-electron chi connectivity index (χ3n) is 4.05. The highest BCUT2D eigenvalue weighted by molar-refractivity contribution is 9.10. The molecule has 0 spiro atoms.